The fourth-order valence-corrected chi connectivity index (χ4v) is 1.11. The molecule has 1 aromatic rings. The molecule has 4 N–H and O–H groups in total. The third kappa shape index (κ3) is 0.903. The number of carbonyl (C=O) groups is 1. The van der Waals surface area contributed by atoms with Crippen molar-refractivity contribution in [3.05, 3.63) is 6.07 Å². The molecule has 0 saturated heterocycles. The number of H-pyrrole nitrogens is 1. The first-order valence-corrected chi connectivity index (χ1v) is 3.63. The van der Waals surface area contributed by atoms with Gasteiger partial charge in [-0.05, 0) is 6.92 Å². The smallest absolute Gasteiger partial charge is 0.265 e. The van der Waals surface area contributed by atoms with E-state index in [2.05, 4.69) is 10.3 Å². The number of rotatable bonds is 0. The molecule has 1 amide bonds. The van der Waals surface area contributed by atoms with Crippen molar-refractivity contribution < 1.29 is 9.53 Å². The number of hydrogen-bond acceptors (Lipinski definition) is 3. The van der Waals surface area contributed by atoms with E-state index in [1.54, 1.807) is 13.0 Å². The van der Waals surface area contributed by atoms with E-state index in [9.17, 15) is 4.79 Å². The first-order chi connectivity index (χ1) is 5.66. The Balaban J connectivity index is 2.39. The Labute approximate surface area is 68.9 Å². The fraction of sp³-hybridized carbons (Fsp3) is 0.286. The van der Waals surface area contributed by atoms with Crippen LogP contribution in [0.25, 0.3) is 0 Å². The van der Waals surface area contributed by atoms with Crippen molar-refractivity contribution in [2.75, 3.05) is 11.1 Å². The minimum Gasteiger partial charge on any atom is -0.464 e. The van der Waals surface area contributed by atoms with E-state index in [1.807, 2.05) is 0 Å². The first kappa shape index (κ1) is 7.02. The molecule has 1 atom stereocenters. The quantitative estimate of drug-likeness (QED) is 0.520. The summed E-state index contributed by atoms with van der Waals surface area (Å²) in [5.41, 5.74) is 6.07. The molecule has 1 aromatic heterocycles. The van der Waals surface area contributed by atoms with Gasteiger partial charge in [0.15, 0.2) is 6.10 Å². The van der Waals surface area contributed by atoms with Crippen LogP contribution >= 0.6 is 0 Å². The number of fused-ring (bicyclic) bond motifs is 1. The Morgan fingerprint density at radius 1 is 1.67 bits per heavy atom. The minimum atomic E-state index is -0.462. The van der Waals surface area contributed by atoms with Crippen molar-refractivity contribution in [3.8, 4) is 5.88 Å². The Morgan fingerprint density at radius 2 is 2.42 bits per heavy atom. The molecule has 5 nitrogen and oxygen atoms in total. The molecular formula is C7H9N3O2. The molecule has 2 heterocycles. The number of aromatic amines is 1. The molecule has 1 aliphatic heterocycles. The highest BCUT2D eigenvalue weighted by Gasteiger charge is 2.24. The number of anilines is 2. The maximum atomic E-state index is 11.1. The van der Waals surface area contributed by atoms with Crippen LogP contribution in [0.5, 0.6) is 5.88 Å². The van der Waals surface area contributed by atoms with Gasteiger partial charge in [0.05, 0.1) is 0 Å². The van der Waals surface area contributed by atoms with Gasteiger partial charge in [-0.15, -0.1) is 0 Å². The highest BCUT2D eigenvalue weighted by atomic mass is 16.5. The molecule has 0 aliphatic carbocycles. The molecule has 0 saturated carbocycles. The normalized spacial score (nSPS) is 21.1. The Kier molecular flexibility index (Phi) is 1.27. The number of nitrogens with one attached hydrogen (secondary N) is 2. The molecular weight excluding hydrogens is 158 g/mol. The number of nitrogens with two attached hydrogens (primary N) is 1. The van der Waals surface area contributed by atoms with Gasteiger partial charge in [-0.3, -0.25) is 4.79 Å². The molecule has 5 heteroatoms. The molecule has 12 heavy (non-hydrogen) atoms. The largest absolute Gasteiger partial charge is 0.464 e. The van der Waals surface area contributed by atoms with Crippen LogP contribution in [0.3, 0.4) is 0 Å². The van der Waals surface area contributed by atoms with E-state index >= 15 is 0 Å². The highest BCUT2D eigenvalue weighted by molar-refractivity contribution is 5.97. The molecule has 0 bridgehead atoms. The summed E-state index contributed by atoms with van der Waals surface area (Å²) >= 11 is 0. The van der Waals surface area contributed by atoms with Crippen LogP contribution in [-0.2, 0) is 4.79 Å². The van der Waals surface area contributed by atoms with Crippen molar-refractivity contribution in [1.29, 1.82) is 0 Å². The zero-order valence-corrected chi connectivity index (χ0v) is 6.55. The summed E-state index contributed by atoms with van der Waals surface area (Å²) in [5, 5.41) is 2.66. The average Bonchev–Trinajstić information content (AvgIpc) is 2.30. The van der Waals surface area contributed by atoms with Crippen LogP contribution in [-0.4, -0.2) is 17.0 Å². The summed E-state index contributed by atoms with van der Waals surface area (Å²) in [7, 11) is 0. The van der Waals surface area contributed by atoms with Crippen LogP contribution in [0.1, 0.15) is 6.92 Å². The summed E-state index contributed by atoms with van der Waals surface area (Å²) < 4.78 is 5.22. The van der Waals surface area contributed by atoms with Crippen LogP contribution in [0.15, 0.2) is 6.07 Å². The van der Waals surface area contributed by atoms with Gasteiger partial charge >= 0.3 is 0 Å². The molecule has 64 valence electrons. The molecule has 0 fully saturated rings. The standard InChI is InChI=1S/C7H9N3O2/c1-3-6(11)9-4-2-5(8)10-7(4)12-3/h2-3,10H,8H2,1H3,(H,9,11). The van der Waals surface area contributed by atoms with E-state index < -0.39 is 6.10 Å². The molecule has 1 aliphatic rings. The number of amides is 1. The van der Waals surface area contributed by atoms with Crippen molar-refractivity contribution in [3.63, 3.8) is 0 Å². The predicted molar refractivity (Wildman–Crippen MR) is 43.9 cm³/mol. The SMILES string of the molecule is CC1Oc2[nH]c(N)cc2NC1=O. The summed E-state index contributed by atoms with van der Waals surface area (Å²) in [6, 6.07) is 1.62. The van der Waals surface area contributed by atoms with Crippen LogP contribution in [0, 0.1) is 0 Å². The van der Waals surface area contributed by atoms with E-state index in [0.29, 0.717) is 17.4 Å². The second-order valence-electron chi connectivity index (χ2n) is 2.72. The summed E-state index contributed by atoms with van der Waals surface area (Å²) in [6.45, 7) is 1.68. The number of carbonyl (C=O) groups excluding carboxylic acids is 1. The average molecular weight is 167 g/mol. The van der Waals surface area contributed by atoms with Crippen molar-refractivity contribution >= 4 is 17.4 Å². The molecule has 1 unspecified atom stereocenters. The first-order valence-electron chi connectivity index (χ1n) is 3.63. The van der Waals surface area contributed by atoms with Gasteiger partial charge in [-0.1, -0.05) is 0 Å². The third-order valence-electron chi connectivity index (χ3n) is 1.72. The molecule has 0 aromatic carbocycles. The van der Waals surface area contributed by atoms with Crippen molar-refractivity contribution in [2.24, 2.45) is 0 Å². The number of aromatic nitrogens is 1. The molecule has 0 radical (unpaired) electrons. The zero-order chi connectivity index (χ0) is 8.72. The van der Waals surface area contributed by atoms with Gasteiger partial charge in [0.25, 0.3) is 5.91 Å². The maximum Gasteiger partial charge on any atom is 0.265 e. The van der Waals surface area contributed by atoms with Crippen LogP contribution in [0.2, 0.25) is 0 Å². The third-order valence-corrected chi connectivity index (χ3v) is 1.72. The molecule has 2 rings (SSSR count). The summed E-state index contributed by atoms with van der Waals surface area (Å²) in [5.74, 6) is 0.857. The van der Waals surface area contributed by atoms with Gasteiger partial charge in [0.2, 0.25) is 5.88 Å². The lowest BCUT2D eigenvalue weighted by atomic mass is 10.3. The maximum absolute atomic E-state index is 11.1. The van der Waals surface area contributed by atoms with Crippen LogP contribution in [0.4, 0.5) is 11.5 Å². The lowest BCUT2D eigenvalue weighted by molar-refractivity contribution is -0.122. The topological polar surface area (TPSA) is 80.1 Å². The lowest BCUT2D eigenvalue weighted by Crippen LogP contribution is -2.34. The van der Waals surface area contributed by atoms with Gasteiger partial charge in [-0.25, -0.2) is 0 Å². The monoisotopic (exact) mass is 167 g/mol. The van der Waals surface area contributed by atoms with Crippen molar-refractivity contribution in [2.45, 2.75) is 13.0 Å². The van der Waals surface area contributed by atoms with Gasteiger partial charge in [-0.2, -0.15) is 0 Å². The number of ether oxygens (including phenoxy) is 1. The second kappa shape index (κ2) is 2.17. The summed E-state index contributed by atoms with van der Waals surface area (Å²) in [4.78, 5) is 13.9. The predicted octanol–water partition coefficient (Wildman–Crippen LogP) is 0.316. The minimum absolute atomic E-state index is 0.151. The Hall–Kier alpha value is -1.65. The van der Waals surface area contributed by atoms with Crippen LogP contribution < -0.4 is 15.8 Å². The van der Waals surface area contributed by atoms with Gasteiger partial charge in [0.1, 0.15) is 11.5 Å². The Morgan fingerprint density at radius 3 is 3.17 bits per heavy atom. The highest BCUT2D eigenvalue weighted by Crippen LogP contribution is 2.30. The summed E-state index contributed by atoms with van der Waals surface area (Å²) in [6.07, 6.45) is -0.462. The molecule has 0 spiro atoms. The van der Waals surface area contributed by atoms with E-state index in [0.717, 1.165) is 0 Å². The van der Waals surface area contributed by atoms with E-state index in [1.165, 1.54) is 0 Å². The van der Waals surface area contributed by atoms with E-state index in [-0.39, 0.29) is 5.91 Å². The second-order valence-corrected chi connectivity index (χ2v) is 2.72. The van der Waals surface area contributed by atoms with E-state index in [4.69, 9.17) is 10.5 Å². The van der Waals surface area contributed by atoms with Gasteiger partial charge in [0, 0.05) is 6.07 Å². The number of hydrogen-bond donors (Lipinski definition) is 3. The Bertz CT molecular complexity index is 331. The zero-order valence-electron chi connectivity index (χ0n) is 6.55. The number of nitrogen functional groups attached to an aromatic ring is 1. The fourth-order valence-electron chi connectivity index (χ4n) is 1.11. The lowest BCUT2D eigenvalue weighted by Gasteiger charge is -2.19. The van der Waals surface area contributed by atoms with Crippen molar-refractivity contribution in [1.82, 2.24) is 4.98 Å². The van der Waals surface area contributed by atoms with Gasteiger partial charge < -0.3 is 20.8 Å².